The minimum atomic E-state index is -1.05. The third-order valence-corrected chi connectivity index (χ3v) is 8.26. The highest BCUT2D eigenvalue weighted by Crippen LogP contribution is 2.61. The van der Waals surface area contributed by atoms with Gasteiger partial charge in [0.05, 0.1) is 25.7 Å². The zero-order valence-corrected chi connectivity index (χ0v) is 20.4. The topological polar surface area (TPSA) is 101 Å². The monoisotopic (exact) mass is 445 g/mol. The number of primary amides is 1. The van der Waals surface area contributed by atoms with Gasteiger partial charge in [-0.25, -0.2) is 0 Å². The lowest BCUT2D eigenvalue weighted by Gasteiger charge is -2.65. The second-order valence-electron chi connectivity index (χ2n) is 9.88. The van der Waals surface area contributed by atoms with Crippen molar-refractivity contribution in [3.8, 4) is 5.75 Å². The minimum absolute atomic E-state index is 0.00118. The Labute approximate surface area is 192 Å². The van der Waals surface area contributed by atoms with Crippen molar-refractivity contribution in [1.29, 1.82) is 0 Å². The molecule has 178 valence electrons. The SMILES string of the molecule is CC.CC.C[N+]1(CC2CC2)CCC23CC(=O)CCC2(O)C1Cc1ccc(C(N)=O)c(O)c13. The molecule has 1 aliphatic heterocycles. The third kappa shape index (κ3) is 3.56. The molecule has 1 saturated heterocycles. The molecule has 0 spiro atoms. The minimum Gasteiger partial charge on any atom is -0.507 e. The van der Waals surface area contributed by atoms with Crippen molar-refractivity contribution < 1.29 is 24.3 Å². The first kappa shape index (κ1) is 24.7. The van der Waals surface area contributed by atoms with Gasteiger partial charge in [0, 0.05) is 42.6 Å². The number of piperidine rings is 1. The summed E-state index contributed by atoms with van der Waals surface area (Å²) in [5.74, 6) is 0.0429. The lowest BCUT2D eigenvalue weighted by Crippen LogP contribution is -2.78. The van der Waals surface area contributed by atoms with E-state index in [1.165, 1.54) is 12.8 Å². The number of hydrogen-bond donors (Lipinski definition) is 3. The average Bonchev–Trinajstić information content (AvgIpc) is 3.58. The van der Waals surface area contributed by atoms with Gasteiger partial charge in [0.2, 0.25) is 0 Å². The van der Waals surface area contributed by atoms with Gasteiger partial charge in [0.15, 0.2) is 0 Å². The zero-order valence-electron chi connectivity index (χ0n) is 20.4. The molecule has 4 unspecified atom stereocenters. The summed E-state index contributed by atoms with van der Waals surface area (Å²) in [5, 5.41) is 23.2. The number of phenols is 1. The number of nitrogens with two attached hydrogens (primary N) is 1. The molecule has 1 amide bonds. The average molecular weight is 446 g/mol. The fraction of sp³-hybridized carbons (Fsp3) is 0.692. The van der Waals surface area contributed by atoms with Gasteiger partial charge in [-0.2, -0.15) is 0 Å². The summed E-state index contributed by atoms with van der Waals surface area (Å²) < 4.78 is 0.828. The molecule has 3 aliphatic carbocycles. The summed E-state index contributed by atoms with van der Waals surface area (Å²) >= 11 is 0. The molecule has 1 aromatic rings. The van der Waals surface area contributed by atoms with Crippen LogP contribution in [0.3, 0.4) is 0 Å². The Morgan fingerprint density at radius 2 is 1.84 bits per heavy atom. The first-order valence-electron chi connectivity index (χ1n) is 12.4. The van der Waals surface area contributed by atoms with Crippen LogP contribution in [0.4, 0.5) is 0 Å². The number of hydrogen-bond acceptors (Lipinski definition) is 4. The molecule has 4 N–H and O–H groups in total. The molecule has 2 saturated carbocycles. The van der Waals surface area contributed by atoms with Gasteiger partial charge in [0.1, 0.15) is 23.2 Å². The molecular weight excluding hydrogens is 404 g/mol. The number of likely N-dealkylation sites (tertiary alicyclic amines) is 1. The standard InChI is InChI=1S/C22H28N2O4.2C2H6/c1-24(12-13-2-3-13)9-8-21-11-15(25)6-7-22(21,28)17(24)10-14-4-5-16(20(23)27)19(26)18(14)21;2*1-2/h4-5,13,17,28H,2-3,6-12H2,1H3,(H2-,23,26,27);2*1-2H3/p+1. The quantitative estimate of drug-likeness (QED) is 0.620. The number of carbonyl (C=O) groups excluding carboxylic acids is 2. The number of aromatic hydroxyl groups is 1. The summed E-state index contributed by atoms with van der Waals surface area (Å²) in [6.07, 6.45) is 4.85. The van der Waals surface area contributed by atoms with E-state index >= 15 is 0 Å². The number of amides is 1. The van der Waals surface area contributed by atoms with Crippen molar-refractivity contribution in [1.82, 2.24) is 0 Å². The Morgan fingerprint density at radius 1 is 1.19 bits per heavy atom. The number of carbonyl (C=O) groups is 2. The summed E-state index contributed by atoms with van der Waals surface area (Å²) in [4.78, 5) is 24.4. The predicted octanol–water partition coefficient (Wildman–Crippen LogP) is 3.45. The number of rotatable bonds is 3. The van der Waals surface area contributed by atoms with E-state index in [0.29, 0.717) is 31.2 Å². The molecule has 1 heterocycles. The van der Waals surface area contributed by atoms with Gasteiger partial charge >= 0.3 is 0 Å². The Balaban J connectivity index is 0.000000686. The van der Waals surface area contributed by atoms with Crippen LogP contribution in [0, 0.1) is 5.92 Å². The van der Waals surface area contributed by atoms with Crippen LogP contribution in [0.5, 0.6) is 5.75 Å². The first-order chi connectivity index (χ1) is 15.2. The third-order valence-electron chi connectivity index (χ3n) is 8.26. The fourth-order valence-corrected chi connectivity index (χ4v) is 6.73. The van der Waals surface area contributed by atoms with Crippen LogP contribution in [0.25, 0.3) is 0 Å². The fourth-order valence-electron chi connectivity index (χ4n) is 6.73. The van der Waals surface area contributed by atoms with Crippen molar-refractivity contribution in [2.75, 3.05) is 20.1 Å². The number of quaternary nitrogens is 1. The summed E-state index contributed by atoms with van der Waals surface area (Å²) in [6.45, 7) is 9.94. The van der Waals surface area contributed by atoms with Crippen molar-refractivity contribution in [3.63, 3.8) is 0 Å². The largest absolute Gasteiger partial charge is 0.507 e. The van der Waals surface area contributed by atoms with Gasteiger partial charge in [0.25, 0.3) is 5.91 Å². The number of benzene rings is 1. The van der Waals surface area contributed by atoms with Crippen molar-refractivity contribution in [2.24, 2.45) is 11.7 Å². The van der Waals surface area contributed by atoms with Gasteiger partial charge in [-0.05, 0) is 30.9 Å². The molecule has 1 aromatic carbocycles. The van der Waals surface area contributed by atoms with E-state index < -0.39 is 16.9 Å². The molecule has 0 aromatic heterocycles. The maximum absolute atomic E-state index is 12.6. The Hall–Kier alpha value is -1.92. The Kier molecular flexibility index (Phi) is 6.79. The first-order valence-corrected chi connectivity index (χ1v) is 12.4. The molecule has 2 bridgehead atoms. The van der Waals surface area contributed by atoms with Crippen LogP contribution in [0.2, 0.25) is 0 Å². The van der Waals surface area contributed by atoms with Crippen LogP contribution in [0.15, 0.2) is 12.1 Å². The molecular formula is C26H41N2O4+. The lowest BCUT2D eigenvalue weighted by atomic mass is 9.48. The van der Waals surface area contributed by atoms with Gasteiger partial charge in [-0.1, -0.05) is 33.8 Å². The van der Waals surface area contributed by atoms with E-state index in [4.69, 9.17) is 5.73 Å². The van der Waals surface area contributed by atoms with Crippen LogP contribution >= 0.6 is 0 Å². The highest BCUT2D eigenvalue weighted by atomic mass is 16.3. The summed E-state index contributed by atoms with van der Waals surface area (Å²) in [5.41, 5.74) is 5.23. The van der Waals surface area contributed by atoms with E-state index in [1.807, 2.05) is 33.8 Å². The van der Waals surface area contributed by atoms with Crippen molar-refractivity contribution >= 4 is 11.7 Å². The summed E-state index contributed by atoms with van der Waals surface area (Å²) in [7, 11) is 2.25. The molecule has 6 heteroatoms. The molecule has 5 rings (SSSR count). The molecule has 6 nitrogen and oxygen atoms in total. The number of likely N-dealkylation sites (N-methyl/N-ethyl adjacent to an activating group) is 1. The molecule has 4 aliphatic rings. The van der Waals surface area contributed by atoms with E-state index in [9.17, 15) is 19.8 Å². The Morgan fingerprint density at radius 3 is 2.44 bits per heavy atom. The smallest absolute Gasteiger partial charge is 0.252 e. The maximum Gasteiger partial charge on any atom is 0.252 e. The van der Waals surface area contributed by atoms with E-state index in [0.717, 1.165) is 29.1 Å². The van der Waals surface area contributed by atoms with E-state index in [2.05, 4.69) is 7.05 Å². The number of aliphatic hydroxyl groups is 1. The number of nitrogens with zero attached hydrogens (tertiary/aromatic N) is 1. The van der Waals surface area contributed by atoms with Crippen LogP contribution in [0.1, 0.15) is 87.7 Å². The molecule has 4 atom stereocenters. The highest BCUT2D eigenvalue weighted by molar-refractivity contribution is 5.96. The van der Waals surface area contributed by atoms with Crippen molar-refractivity contribution in [2.45, 2.75) is 89.7 Å². The predicted molar refractivity (Wildman–Crippen MR) is 126 cm³/mol. The van der Waals surface area contributed by atoms with Gasteiger partial charge < -0.3 is 20.4 Å². The number of fused-ring (bicyclic) bond motifs is 1. The number of ketones is 1. The van der Waals surface area contributed by atoms with Crippen LogP contribution in [-0.4, -0.2) is 58.2 Å². The summed E-state index contributed by atoms with van der Waals surface area (Å²) in [6, 6.07) is 3.46. The Bertz CT molecular complexity index is 896. The van der Waals surface area contributed by atoms with Gasteiger partial charge in [-0.15, -0.1) is 0 Å². The van der Waals surface area contributed by atoms with Crippen LogP contribution in [-0.2, 0) is 16.6 Å². The second kappa shape index (κ2) is 8.79. The number of Topliss-reactive ketones (excluding diaryl/α,β-unsaturated/α-hetero) is 1. The van der Waals surface area contributed by atoms with Crippen molar-refractivity contribution in [3.05, 3.63) is 28.8 Å². The molecule has 3 fully saturated rings. The zero-order chi connectivity index (χ0) is 23.9. The lowest BCUT2D eigenvalue weighted by molar-refractivity contribution is -0.950. The van der Waals surface area contributed by atoms with E-state index in [-0.39, 0.29) is 29.6 Å². The molecule has 32 heavy (non-hydrogen) atoms. The second-order valence-corrected chi connectivity index (χ2v) is 9.88. The van der Waals surface area contributed by atoms with E-state index in [1.54, 1.807) is 6.07 Å². The maximum atomic E-state index is 12.6. The normalized spacial score (nSPS) is 34.7. The van der Waals surface area contributed by atoms with Gasteiger partial charge in [-0.3, -0.25) is 9.59 Å². The highest BCUT2D eigenvalue weighted by Gasteiger charge is 2.70. The van der Waals surface area contributed by atoms with Crippen LogP contribution < -0.4 is 5.73 Å². The molecule has 0 radical (unpaired) electrons.